The summed E-state index contributed by atoms with van der Waals surface area (Å²) in [6.07, 6.45) is 6.80. The van der Waals surface area contributed by atoms with Crippen molar-refractivity contribution in [1.29, 1.82) is 0 Å². The van der Waals surface area contributed by atoms with Crippen molar-refractivity contribution < 1.29 is 0 Å². The molecule has 3 fully saturated rings. The van der Waals surface area contributed by atoms with Crippen LogP contribution in [0.4, 0.5) is 11.4 Å². The van der Waals surface area contributed by atoms with Crippen LogP contribution in [0.3, 0.4) is 0 Å². The second-order valence-corrected chi connectivity index (χ2v) is 7.10. The molecule has 1 saturated carbocycles. The number of anilines is 2. The summed E-state index contributed by atoms with van der Waals surface area (Å²) in [4.78, 5) is 5.22. The van der Waals surface area contributed by atoms with Crippen LogP contribution in [0, 0.1) is 0 Å². The Bertz CT molecular complexity index is 491. The molecule has 4 rings (SSSR count). The molecule has 3 aliphatic rings. The summed E-state index contributed by atoms with van der Waals surface area (Å²) in [5.41, 5.74) is 2.69. The van der Waals surface area contributed by atoms with Gasteiger partial charge in [0.05, 0.1) is 0 Å². The van der Waals surface area contributed by atoms with Crippen LogP contribution in [0.1, 0.15) is 39.0 Å². The van der Waals surface area contributed by atoms with Crippen molar-refractivity contribution >= 4 is 11.4 Å². The Balaban J connectivity index is 1.41. The van der Waals surface area contributed by atoms with Crippen molar-refractivity contribution in [2.24, 2.45) is 0 Å². The highest BCUT2D eigenvalue weighted by Gasteiger charge is 2.38. The van der Waals surface area contributed by atoms with E-state index in [1.807, 2.05) is 0 Å². The molecule has 0 aromatic heterocycles. The number of nitrogens with one attached hydrogen (secondary N) is 1. The smallest absolute Gasteiger partial charge is 0.0403 e. The minimum absolute atomic E-state index is 0.620. The van der Waals surface area contributed by atoms with Crippen molar-refractivity contribution in [2.45, 2.75) is 57.2 Å². The first-order chi connectivity index (χ1) is 10.3. The van der Waals surface area contributed by atoms with Crippen LogP contribution in [0.25, 0.3) is 0 Å². The number of nitrogens with zero attached hydrogens (tertiary/aromatic N) is 2. The van der Waals surface area contributed by atoms with Gasteiger partial charge >= 0.3 is 0 Å². The van der Waals surface area contributed by atoms with Crippen LogP contribution < -0.4 is 10.2 Å². The van der Waals surface area contributed by atoms with Gasteiger partial charge in [-0.3, -0.25) is 4.90 Å². The SMILES string of the molecule is CC1CC(Nc2cccc(N3CCCC3)c2)CN1C1CC1. The van der Waals surface area contributed by atoms with E-state index < -0.39 is 0 Å². The van der Waals surface area contributed by atoms with Gasteiger partial charge in [0.2, 0.25) is 0 Å². The third-order valence-corrected chi connectivity index (χ3v) is 5.33. The molecule has 2 heterocycles. The molecule has 2 saturated heterocycles. The van der Waals surface area contributed by atoms with Gasteiger partial charge in [-0.05, 0) is 57.2 Å². The zero-order chi connectivity index (χ0) is 14.2. The number of hydrogen-bond acceptors (Lipinski definition) is 3. The Morgan fingerprint density at radius 3 is 2.71 bits per heavy atom. The second kappa shape index (κ2) is 5.53. The normalized spacial score (nSPS) is 30.0. The molecule has 3 nitrogen and oxygen atoms in total. The number of hydrogen-bond donors (Lipinski definition) is 1. The standard InChI is InChI=1S/C18H27N3/c1-14-11-16(13-21(14)17-7-8-17)19-15-5-4-6-18(12-15)20-9-2-3-10-20/h4-6,12,14,16-17,19H,2-3,7-11,13H2,1H3. The lowest BCUT2D eigenvalue weighted by Gasteiger charge is -2.21. The predicted octanol–water partition coefficient (Wildman–Crippen LogP) is 3.32. The molecule has 0 radical (unpaired) electrons. The van der Waals surface area contributed by atoms with Crippen LogP contribution >= 0.6 is 0 Å². The van der Waals surface area contributed by atoms with Crippen molar-refractivity contribution in [1.82, 2.24) is 4.90 Å². The van der Waals surface area contributed by atoms with E-state index in [9.17, 15) is 0 Å². The van der Waals surface area contributed by atoms with Crippen molar-refractivity contribution in [2.75, 3.05) is 29.9 Å². The fraction of sp³-hybridized carbons (Fsp3) is 0.667. The number of benzene rings is 1. The highest BCUT2D eigenvalue weighted by molar-refractivity contribution is 5.59. The fourth-order valence-corrected chi connectivity index (χ4v) is 4.08. The van der Waals surface area contributed by atoms with Gasteiger partial charge in [0, 0.05) is 49.1 Å². The van der Waals surface area contributed by atoms with E-state index >= 15 is 0 Å². The highest BCUT2D eigenvalue weighted by atomic mass is 15.3. The van der Waals surface area contributed by atoms with E-state index in [1.165, 1.54) is 63.1 Å². The van der Waals surface area contributed by atoms with Gasteiger partial charge in [-0.25, -0.2) is 0 Å². The second-order valence-electron chi connectivity index (χ2n) is 7.10. The first kappa shape index (κ1) is 13.4. The zero-order valence-corrected chi connectivity index (χ0v) is 13.1. The first-order valence-electron chi connectivity index (χ1n) is 8.67. The summed E-state index contributed by atoms with van der Waals surface area (Å²) in [5, 5.41) is 3.78. The molecule has 1 aromatic rings. The molecule has 1 aromatic carbocycles. The summed E-state index contributed by atoms with van der Waals surface area (Å²) in [6, 6.07) is 11.3. The maximum atomic E-state index is 3.78. The molecule has 0 bridgehead atoms. The summed E-state index contributed by atoms with van der Waals surface area (Å²) in [7, 11) is 0. The Labute approximate surface area is 128 Å². The van der Waals surface area contributed by atoms with E-state index in [0.717, 1.165) is 12.1 Å². The predicted molar refractivity (Wildman–Crippen MR) is 89.1 cm³/mol. The lowest BCUT2D eigenvalue weighted by molar-refractivity contribution is 0.257. The van der Waals surface area contributed by atoms with Crippen LogP contribution in [0.5, 0.6) is 0 Å². The molecule has 0 spiro atoms. The third-order valence-electron chi connectivity index (χ3n) is 5.33. The maximum Gasteiger partial charge on any atom is 0.0403 e. The van der Waals surface area contributed by atoms with Gasteiger partial charge in [-0.1, -0.05) is 6.07 Å². The number of likely N-dealkylation sites (tertiary alicyclic amines) is 1. The molecule has 0 amide bonds. The summed E-state index contributed by atoms with van der Waals surface area (Å²) >= 11 is 0. The molecular weight excluding hydrogens is 258 g/mol. The first-order valence-corrected chi connectivity index (χ1v) is 8.67. The Hall–Kier alpha value is -1.22. The van der Waals surface area contributed by atoms with Crippen LogP contribution in [-0.2, 0) is 0 Å². The van der Waals surface area contributed by atoms with Gasteiger partial charge in [0.15, 0.2) is 0 Å². The van der Waals surface area contributed by atoms with Crippen molar-refractivity contribution in [3.8, 4) is 0 Å². The topological polar surface area (TPSA) is 18.5 Å². The van der Waals surface area contributed by atoms with E-state index in [2.05, 4.69) is 46.3 Å². The molecule has 1 aliphatic carbocycles. The van der Waals surface area contributed by atoms with E-state index in [1.54, 1.807) is 0 Å². The monoisotopic (exact) mass is 285 g/mol. The van der Waals surface area contributed by atoms with Gasteiger partial charge in [0.1, 0.15) is 0 Å². The van der Waals surface area contributed by atoms with Gasteiger partial charge in [-0.2, -0.15) is 0 Å². The summed E-state index contributed by atoms with van der Waals surface area (Å²) < 4.78 is 0. The molecule has 1 N–H and O–H groups in total. The van der Waals surface area contributed by atoms with E-state index in [0.29, 0.717) is 6.04 Å². The minimum atomic E-state index is 0.620. The quantitative estimate of drug-likeness (QED) is 0.915. The minimum Gasteiger partial charge on any atom is -0.381 e. The number of rotatable bonds is 4. The van der Waals surface area contributed by atoms with Gasteiger partial charge in [-0.15, -0.1) is 0 Å². The van der Waals surface area contributed by atoms with E-state index in [4.69, 9.17) is 0 Å². The Kier molecular flexibility index (Phi) is 3.54. The Morgan fingerprint density at radius 1 is 1.14 bits per heavy atom. The molecule has 3 heteroatoms. The van der Waals surface area contributed by atoms with Crippen molar-refractivity contribution in [3.05, 3.63) is 24.3 Å². The largest absolute Gasteiger partial charge is 0.381 e. The molecule has 2 atom stereocenters. The Morgan fingerprint density at radius 2 is 1.95 bits per heavy atom. The average Bonchev–Trinajstić information content (AvgIpc) is 3.04. The molecule has 114 valence electrons. The van der Waals surface area contributed by atoms with Crippen LogP contribution in [0.15, 0.2) is 24.3 Å². The highest BCUT2D eigenvalue weighted by Crippen LogP contribution is 2.34. The lowest BCUT2D eigenvalue weighted by Crippen LogP contribution is -2.31. The van der Waals surface area contributed by atoms with E-state index in [-0.39, 0.29) is 0 Å². The summed E-state index contributed by atoms with van der Waals surface area (Å²) in [6.45, 7) is 6.05. The average molecular weight is 285 g/mol. The van der Waals surface area contributed by atoms with Gasteiger partial charge < -0.3 is 10.2 Å². The zero-order valence-electron chi connectivity index (χ0n) is 13.1. The van der Waals surface area contributed by atoms with Crippen LogP contribution in [-0.4, -0.2) is 42.7 Å². The lowest BCUT2D eigenvalue weighted by atomic mass is 10.1. The molecule has 2 aliphatic heterocycles. The molecule has 2 unspecified atom stereocenters. The maximum absolute atomic E-state index is 3.78. The molecule has 21 heavy (non-hydrogen) atoms. The third kappa shape index (κ3) is 2.89. The van der Waals surface area contributed by atoms with Gasteiger partial charge in [0.25, 0.3) is 0 Å². The fourth-order valence-electron chi connectivity index (χ4n) is 4.08. The molecular formula is C18H27N3. The van der Waals surface area contributed by atoms with Crippen LogP contribution in [0.2, 0.25) is 0 Å². The summed E-state index contributed by atoms with van der Waals surface area (Å²) in [5.74, 6) is 0. The van der Waals surface area contributed by atoms with Crippen molar-refractivity contribution in [3.63, 3.8) is 0 Å².